The van der Waals surface area contributed by atoms with Crippen LogP contribution in [-0.2, 0) is 11.3 Å². The Morgan fingerprint density at radius 1 is 1.24 bits per heavy atom. The Bertz CT molecular complexity index is 571. The summed E-state index contributed by atoms with van der Waals surface area (Å²) >= 11 is 6.34. The van der Waals surface area contributed by atoms with E-state index in [2.05, 4.69) is 15.5 Å². The fourth-order valence-corrected chi connectivity index (χ4v) is 2.33. The largest absolute Gasteiger partial charge is 0.493 e. The van der Waals surface area contributed by atoms with Gasteiger partial charge in [0.25, 0.3) is 5.91 Å². The average Bonchev–Trinajstić information content (AvgIpc) is 2.48. The summed E-state index contributed by atoms with van der Waals surface area (Å²) in [5, 5.41) is 6.75. The number of carbonyl (C=O) groups excluding carboxylic acids is 1. The van der Waals surface area contributed by atoms with E-state index in [-0.39, 0.29) is 18.1 Å². The van der Waals surface area contributed by atoms with E-state index >= 15 is 0 Å². The van der Waals surface area contributed by atoms with Crippen LogP contribution in [-0.4, -0.2) is 57.2 Å². The number of benzene rings is 1. The van der Waals surface area contributed by atoms with Crippen molar-refractivity contribution in [2.24, 2.45) is 0 Å². The molecule has 6 nitrogen and oxygen atoms in total. The van der Waals surface area contributed by atoms with Crippen LogP contribution in [0.4, 0.5) is 0 Å². The number of rotatable bonds is 9. The Kier molecular flexibility index (Phi) is 8.48. The van der Waals surface area contributed by atoms with E-state index in [1.165, 1.54) is 0 Å². The molecular formula is C18H30ClN3O3. The van der Waals surface area contributed by atoms with Crippen LogP contribution in [0.3, 0.4) is 0 Å². The summed E-state index contributed by atoms with van der Waals surface area (Å²) in [6.07, 6.45) is 0. The zero-order valence-electron chi connectivity index (χ0n) is 16.0. The molecule has 0 spiro atoms. The summed E-state index contributed by atoms with van der Waals surface area (Å²) < 4.78 is 10.9. The molecule has 0 radical (unpaired) electrons. The standard InChI is InChI=1S/C18H30ClN3O3/c1-18(2,3)21-17(23)12-25-16-10-14(19)13(9-15(16)24-6)11-20-7-8-22(4)5/h9-10,20H,7-8,11-12H2,1-6H3,(H,21,23). The lowest BCUT2D eigenvalue weighted by atomic mass is 10.1. The fraction of sp³-hybridized carbons (Fsp3) is 0.611. The highest BCUT2D eigenvalue weighted by Crippen LogP contribution is 2.33. The predicted octanol–water partition coefficient (Wildman–Crippen LogP) is 2.29. The maximum Gasteiger partial charge on any atom is 0.258 e. The van der Waals surface area contributed by atoms with E-state index in [1.54, 1.807) is 13.2 Å². The molecule has 2 N–H and O–H groups in total. The fourth-order valence-electron chi connectivity index (χ4n) is 2.11. The SMILES string of the molecule is COc1cc(CNCCN(C)C)c(Cl)cc1OCC(=O)NC(C)(C)C. The first-order chi connectivity index (χ1) is 11.6. The quantitative estimate of drug-likeness (QED) is 0.652. The zero-order chi connectivity index (χ0) is 19.0. The Balaban J connectivity index is 2.69. The van der Waals surface area contributed by atoms with Gasteiger partial charge in [0.1, 0.15) is 0 Å². The van der Waals surface area contributed by atoms with Gasteiger partial charge in [-0.2, -0.15) is 0 Å². The van der Waals surface area contributed by atoms with Crippen molar-refractivity contribution in [1.82, 2.24) is 15.5 Å². The van der Waals surface area contributed by atoms with Gasteiger partial charge in [-0.05, 0) is 46.5 Å². The van der Waals surface area contributed by atoms with Crippen LogP contribution in [0.1, 0.15) is 26.3 Å². The number of nitrogens with one attached hydrogen (secondary N) is 2. The smallest absolute Gasteiger partial charge is 0.258 e. The molecule has 0 heterocycles. The maximum atomic E-state index is 11.9. The number of hydrogen-bond acceptors (Lipinski definition) is 5. The Labute approximate surface area is 155 Å². The molecular weight excluding hydrogens is 342 g/mol. The van der Waals surface area contributed by atoms with E-state index in [0.29, 0.717) is 23.1 Å². The third-order valence-electron chi connectivity index (χ3n) is 3.26. The number of amides is 1. The van der Waals surface area contributed by atoms with Crippen molar-refractivity contribution in [1.29, 1.82) is 0 Å². The van der Waals surface area contributed by atoms with Crippen LogP contribution >= 0.6 is 11.6 Å². The molecule has 1 amide bonds. The lowest BCUT2D eigenvalue weighted by Crippen LogP contribution is -2.43. The van der Waals surface area contributed by atoms with Crippen molar-refractivity contribution < 1.29 is 14.3 Å². The summed E-state index contributed by atoms with van der Waals surface area (Å²) in [6.45, 7) is 8.09. The molecule has 0 atom stereocenters. The van der Waals surface area contributed by atoms with Gasteiger partial charge in [0, 0.05) is 36.3 Å². The molecule has 25 heavy (non-hydrogen) atoms. The van der Waals surface area contributed by atoms with Gasteiger partial charge in [-0.15, -0.1) is 0 Å². The summed E-state index contributed by atoms with van der Waals surface area (Å²) in [4.78, 5) is 14.0. The van der Waals surface area contributed by atoms with Gasteiger partial charge >= 0.3 is 0 Å². The van der Waals surface area contributed by atoms with Crippen molar-refractivity contribution >= 4 is 17.5 Å². The van der Waals surface area contributed by atoms with Crippen molar-refractivity contribution in [3.63, 3.8) is 0 Å². The number of halogens is 1. The minimum Gasteiger partial charge on any atom is -0.493 e. The van der Waals surface area contributed by atoms with Gasteiger partial charge in [0.05, 0.1) is 7.11 Å². The van der Waals surface area contributed by atoms with E-state index in [1.807, 2.05) is 40.9 Å². The van der Waals surface area contributed by atoms with Gasteiger partial charge in [-0.1, -0.05) is 11.6 Å². The highest BCUT2D eigenvalue weighted by atomic mass is 35.5. The van der Waals surface area contributed by atoms with Gasteiger partial charge in [0.2, 0.25) is 0 Å². The molecule has 1 rings (SSSR count). The first-order valence-corrected chi connectivity index (χ1v) is 8.66. The van der Waals surface area contributed by atoms with Gasteiger partial charge in [-0.25, -0.2) is 0 Å². The molecule has 0 aliphatic heterocycles. The zero-order valence-corrected chi connectivity index (χ0v) is 16.8. The first kappa shape index (κ1) is 21.5. The molecule has 0 aliphatic carbocycles. The van der Waals surface area contributed by atoms with Gasteiger partial charge in [-0.3, -0.25) is 4.79 Å². The molecule has 0 aliphatic rings. The van der Waals surface area contributed by atoms with Gasteiger partial charge in [0.15, 0.2) is 18.1 Å². The maximum absolute atomic E-state index is 11.9. The molecule has 1 aromatic carbocycles. The van der Waals surface area contributed by atoms with Crippen LogP contribution < -0.4 is 20.1 Å². The molecule has 0 aromatic heterocycles. The lowest BCUT2D eigenvalue weighted by molar-refractivity contribution is -0.124. The summed E-state index contributed by atoms with van der Waals surface area (Å²) in [7, 11) is 5.62. The van der Waals surface area contributed by atoms with Gasteiger partial charge < -0.3 is 25.0 Å². The lowest BCUT2D eigenvalue weighted by Gasteiger charge is -2.21. The number of ether oxygens (including phenoxy) is 2. The molecule has 1 aromatic rings. The molecule has 0 bridgehead atoms. The third-order valence-corrected chi connectivity index (χ3v) is 3.61. The van der Waals surface area contributed by atoms with Crippen LogP contribution in [0.25, 0.3) is 0 Å². The van der Waals surface area contributed by atoms with Crippen molar-refractivity contribution in [2.45, 2.75) is 32.9 Å². The predicted molar refractivity (Wildman–Crippen MR) is 102 cm³/mol. The molecule has 0 saturated carbocycles. The second-order valence-corrected chi connectivity index (χ2v) is 7.57. The molecule has 7 heteroatoms. The molecule has 0 unspecified atom stereocenters. The second kappa shape index (κ2) is 9.85. The first-order valence-electron chi connectivity index (χ1n) is 8.28. The number of likely N-dealkylation sites (N-methyl/N-ethyl adjacent to an activating group) is 1. The second-order valence-electron chi connectivity index (χ2n) is 7.16. The molecule has 0 saturated heterocycles. The van der Waals surface area contributed by atoms with Crippen molar-refractivity contribution in [3.05, 3.63) is 22.7 Å². The minimum atomic E-state index is -0.301. The van der Waals surface area contributed by atoms with Crippen LogP contribution in [0.15, 0.2) is 12.1 Å². The Morgan fingerprint density at radius 3 is 2.48 bits per heavy atom. The van der Waals surface area contributed by atoms with E-state index in [9.17, 15) is 4.79 Å². The number of methoxy groups -OCH3 is 1. The normalized spacial score (nSPS) is 11.5. The highest BCUT2D eigenvalue weighted by Gasteiger charge is 2.16. The number of nitrogens with zero attached hydrogens (tertiary/aromatic N) is 1. The minimum absolute atomic E-state index is 0.0929. The Hall–Kier alpha value is -1.50. The van der Waals surface area contributed by atoms with Crippen LogP contribution in [0.2, 0.25) is 5.02 Å². The van der Waals surface area contributed by atoms with E-state index < -0.39 is 0 Å². The highest BCUT2D eigenvalue weighted by molar-refractivity contribution is 6.31. The Morgan fingerprint density at radius 2 is 1.92 bits per heavy atom. The summed E-state index contributed by atoms with van der Waals surface area (Å²) in [6, 6.07) is 3.52. The third kappa shape index (κ3) is 8.43. The van der Waals surface area contributed by atoms with E-state index in [0.717, 1.165) is 18.7 Å². The summed E-state index contributed by atoms with van der Waals surface area (Å²) in [5.74, 6) is 0.811. The summed E-state index contributed by atoms with van der Waals surface area (Å²) in [5.41, 5.74) is 0.619. The molecule has 142 valence electrons. The number of hydrogen-bond donors (Lipinski definition) is 2. The average molecular weight is 372 g/mol. The van der Waals surface area contributed by atoms with Crippen LogP contribution in [0, 0.1) is 0 Å². The topological polar surface area (TPSA) is 62.8 Å². The van der Waals surface area contributed by atoms with Crippen LogP contribution in [0.5, 0.6) is 11.5 Å². The molecule has 0 fully saturated rings. The van der Waals surface area contributed by atoms with E-state index in [4.69, 9.17) is 21.1 Å². The number of carbonyl (C=O) groups is 1. The monoisotopic (exact) mass is 371 g/mol. The van der Waals surface area contributed by atoms with Crippen molar-refractivity contribution in [3.8, 4) is 11.5 Å². The van der Waals surface area contributed by atoms with Crippen molar-refractivity contribution in [2.75, 3.05) is 40.9 Å².